The third kappa shape index (κ3) is 3.95. The second-order valence-corrected chi connectivity index (χ2v) is 6.20. The molecule has 2 N–H and O–H groups in total. The van der Waals surface area contributed by atoms with Crippen LogP contribution in [0.1, 0.15) is 47.0 Å². The Hall–Kier alpha value is -1.10. The summed E-state index contributed by atoms with van der Waals surface area (Å²) in [6.07, 6.45) is 1.70. The van der Waals surface area contributed by atoms with Crippen LogP contribution in [0, 0.1) is 17.3 Å². The van der Waals surface area contributed by atoms with Crippen molar-refractivity contribution in [2.24, 2.45) is 17.3 Å². The lowest BCUT2D eigenvalue weighted by Crippen LogP contribution is -2.52. The van der Waals surface area contributed by atoms with Gasteiger partial charge >= 0.3 is 5.97 Å². The Morgan fingerprint density at radius 1 is 1.35 bits per heavy atom. The normalized spacial score (nSPS) is 28.9. The first-order valence-corrected chi connectivity index (χ1v) is 7.40. The van der Waals surface area contributed by atoms with Gasteiger partial charge in [0.1, 0.15) is 0 Å². The number of carboxylic acid groups (broad SMARTS) is 1. The molecule has 0 bridgehead atoms. The first kappa shape index (κ1) is 17.0. The van der Waals surface area contributed by atoms with Gasteiger partial charge in [-0.15, -0.1) is 0 Å². The fraction of sp³-hybridized carbons (Fsp3) is 0.867. The van der Waals surface area contributed by atoms with Gasteiger partial charge in [-0.2, -0.15) is 0 Å². The van der Waals surface area contributed by atoms with Gasteiger partial charge in [0.15, 0.2) is 0 Å². The zero-order chi connectivity index (χ0) is 15.3. The van der Waals surface area contributed by atoms with Crippen LogP contribution in [0.25, 0.3) is 0 Å². The summed E-state index contributed by atoms with van der Waals surface area (Å²) in [7, 11) is 0. The first-order valence-electron chi connectivity index (χ1n) is 7.40. The van der Waals surface area contributed by atoms with E-state index in [2.05, 4.69) is 5.32 Å². The predicted octanol–water partition coefficient (Wildman–Crippen LogP) is 2.05. The van der Waals surface area contributed by atoms with Crippen molar-refractivity contribution in [3.63, 3.8) is 0 Å². The van der Waals surface area contributed by atoms with Crippen molar-refractivity contribution >= 4 is 11.9 Å². The van der Waals surface area contributed by atoms with Gasteiger partial charge in [0.05, 0.1) is 12.5 Å². The molecule has 5 nitrogen and oxygen atoms in total. The molecule has 3 unspecified atom stereocenters. The Labute approximate surface area is 121 Å². The minimum absolute atomic E-state index is 0.0140. The molecule has 20 heavy (non-hydrogen) atoms. The summed E-state index contributed by atoms with van der Waals surface area (Å²) in [5.74, 6) is -0.953. The average molecular weight is 285 g/mol. The quantitative estimate of drug-likeness (QED) is 0.732. The topological polar surface area (TPSA) is 75.6 Å². The molecule has 116 valence electrons. The van der Waals surface area contributed by atoms with Gasteiger partial charge in [-0.1, -0.05) is 20.8 Å². The van der Waals surface area contributed by atoms with E-state index in [1.807, 2.05) is 27.7 Å². The molecule has 3 atom stereocenters. The van der Waals surface area contributed by atoms with Crippen LogP contribution in [0.15, 0.2) is 0 Å². The van der Waals surface area contributed by atoms with Crippen LogP contribution in [0.3, 0.4) is 0 Å². The largest absolute Gasteiger partial charge is 0.481 e. The molecule has 0 radical (unpaired) electrons. The van der Waals surface area contributed by atoms with E-state index in [1.165, 1.54) is 0 Å². The van der Waals surface area contributed by atoms with E-state index < -0.39 is 5.97 Å². The van der Waals surface area contributed by atoms with E-state index in [0.29, 0.717) is 26.1 Å². The van der Waals surface area contributed by atoms with Gasteiger partial charge in [-0.05, 0) is 31.1 Å². The summed E-state index contributed by atoms with van der Waals surface area (Å²) in [6.45, 7) is 8.94. The van der Waals surface area contributed by atoms with E-state index >= 15 is 0 Å². The summed E-state index contributed by atoms with van der Waals surface area (Å²) < 4.78 is 5.17. The second-order valence-electron chi connectivity index (χ2n) is 6.20. The molecule has 1 aliphatic carbocycles. The smallest absolute Gasteiger partial charge is 0.307 e. The molecule has 0 aliphatic heterocycles. The molecule has 1 amide bonds. The summed E-state index contributed by atoms with van der Waals surface area (Å²) in [4.78, 5) is 23.2. The highest BCUT2D eigenvalue weighted by Crippen LogP contribution is 2.45. The average Bonchev–Trinajstić information content (AvgIpc) is 2.35. The number of ether oxygens (including phenoxy) is 1. The highest BCUT2D eigenvalue weighted by molar-refractivity contribution is 5.76. The number of hydrogen-bond acceptors (Lipinski definition) is 3. The molecule has 5 heteroatoms. The van der Waals surface area contributed by atoms with E-state index in [1.54, 1.807) is 0 Å². The highest BCUT2D eigenvalue weighted by Gasteiger charge is 2.46. The maximum atomic E-state index is 11.9. The van der Waals surface area contributed by atoms with Gasteiger partial charge in [-0.25, -0.2) is 0 Å². The molecule has 1 saturated carbocycles. The van der Waals surface area contributed by atoms with Gasteiger partial charge in [0, 0.05) is 19.1 Å². The van der Waals surface area contributed by atoms with Gasteiger partial charge in [0.2, 0.25) is 5.91 Å². The number of amides is 1. The van der Waals surface area contributed by atoms with Gasteiger partial charge < -0.3 is 15.2 Å². The fourth-order valence-electron chi connectivity index (χ4n) is 3.03. The third-order valence-electron chi connectivity index (χ3n) is 4.76. The molecule has 0 aromatic heterocycles. The molecular formula is C15H27NO4. The van der Waals surface area contributed by atoms with Crippen LogP contribution in [0.4, 0.5) is 0 Å². The number of carboxylic acids is 1. The molecule has 0 aromatic rings. The number of aliphatic carboxylic acids is 1. The third-order valence-corrected chi connectivity index (χ3v) is 4.76. The molecule has 0 saturated heterocycles. The van der Waals surface area contributed by atoms with E-state index in [0.717, 1.165) is 6.42 Å². The lowest BCUT2D eigenvalue weighted by molar-refractivity contribution is -0.150. The zero-order valence-corrected chi connectivity index (χ0v) is 12.9. The van der Waals surface area contributed by atoms with Crippen LogP contribution in [-0.4, -0.2) is 36.2 Å². The van der Waals surface area contributed by atoms with Crippen molar-refractivity contribution in [3.05, 3.63) is 0 Å². The minimum Gasteiger partial charge on any atom is -0.481 e. The lowest BCUT2D eigenvalue weighted by atomic mass is 9.61. The SMILES string of the molecule is CCOCCC(=O)NC1CCC(C(=O)O)C(C)(C)C1C. The number of carbonyl (C=O) groups excluding carboxylic acids is 1. The molecule has 0 aromatic carbocycles. The van der Waals surface area contributed by atoms with Crippen molar-refractivity contribution < 1.29 is 19.4 Å². The molecule has 1 aliphatic rings. The summed E-state index contributed by atoms with van der Waals surface area (Å²) in [5, 5.41) is 12.3. The minimum atomic E-state index is -0.733. The Balaban J connectivity index is 2.57. The van der Waals surface area contributed by atoms with Crippen molar-refractivity contribution in [3.8, 4) is 0 Å². The van der Waals surface area contributed by atoms with Crippen LogP contribution in [0.2, 0.25) is 0 Å². The van der Waals surface area contributed by atoms with Crippen molar-refractivity contribution in [1.82, 2.24) is 5.32 Å². The van der Waals surface area contributed by atoms with Crippen molar-refractivity contribution in [2.75, 3.05) is 13.2 Å². The second kappa shape index (κ2) is 7.07. The van der Waals surface area contributed by atoms with E-state index in [4.69, 9.17) is 4.74 Å². The Bertz CT molecular complexity index is 354. The molecule has 0 spiro atoms. The van der Waals surface area contributed by atoms with Crippen molar-refractivity contribution in [2.45, 2.75) is 53.0 Å². The number of rotatable bonds is 6. The summed E-state index contributed by atoms with van der Waals surface area (Å²) >= 11 is 0. The lowest BCUT2D eigenvalue weighted by Gasteiger charge is -2.46. The van der Waals surface area contributed by atoms with Crippen LogP contribution in [0.5, 0.6) is 0 Å². The fourth-order valence-corrected chi connectivity index (χ4v) is 3.03. The van der Waals surface area contributed by atoms with E-state index in [-0.39, 0.29) is 29.2 Å². The molecular weight excluding hydrogens is 258 g/mol. The van der Waals surface area contributed by atoms with Crippen LogP contribution >= 0.6 is 0 Å². The summed E-state index contributed by atoms with van der Waals surface area (Å²) in [5.41, 5.74) is -0.318. The highest BCUT2D eigenvalue weighted by atomic mass is 16.5. The number of carbonyl (C=O) groups is 2. The Kier molecular flexibility index (Phi) is 5.99. The molecule has 0 heterocycles. The first-order chi connectivity index (χ1) is 9.30. The number of nitrogens with one attached hydrogen (secondary N) is 1. The van der Waals surface area contributed by atoms with Gasteiger partial charge in [-0.3, -0.25) is 9.59 Å². The van der Waals surface area contributed by atoms with Gasteiger partial charge in [0.25, 0.3) is 0 Å². The van der Waals surface area contributed by atoms with Crippen LogP contribution < -0.4 is 5.32 Å². The monoisotopic (exact) mass is 285 g/mol. The maximum Gasteiger partial charge on any atom is 0.307 e. The Morgan fingerprint density at radius 2 is 2.00 bits per heavy atom. The predicted molar refractivity (Wildman–Crippen MR) is 76.3 cm³/mol. The molecule has 1 fully saturated rings. The molecule has 1 rings (SSSR count). The maximum absolute atomic E-state index is 11.9. The summed E-state index contributed by atoms with van der Waals surface area (Å²) in [6, 6.07) is 0.0507. The van der Waals surface area contributed by atoms with Crippen LogP contribution in [-0.2, 0) is 14.3 Å². The van der Waals surface area contributed by atoms with Crippen molar-refractivity contribution in [1.29, 1.82) is 0 Å². The van der Waals surface area contributed by atoms with E-state index in [9.17, 15) is 14.7 Å². The number of hydrogen-bond donors (Lipinski definition) is 2. The Morgan fingerprint density at radius 3 is 2.55 bits per heavy atom. The zero-order valence-electron chi connectivity index (χ0n) is 12.9. The standard InChI is InChI=1S/C15H27NO4/c1-5-20-9-8-13(17)16-12-7-6-11(14(18)19)15(3,4)10(12)2/h10-12H,5-9H2,1-4H3,(H,16,17)(H,18,19).